The maximum Gasteiger partial charge on any atom is 0.273 e. The summed E-state index contributed by atoms with van der Waals surface area (Å²) in [5.41, 5.74) is 4.66. The number of para-hydroxylation sites is 1. The van der Waals surface area contributed by atoms with Gasteiger partial charge >= 0.3 is 0 Å². The summed E-state index contributed by atoms with van der Waals surface area (Å²) in [5, 5.41) is 1.03. The number of aryl methyl sites for hydroxylation is 1. The van der Waals surface area contributed by atoms with Crippen LogP contribution >= 0.6 is 0 Å². The van der Waals surface area contributed by atoms with Gasteiger partial charge < -0.3 is 4.90 Å². The van der Waals surface area contributed by atoms with Crippen molar-refractivity contribution in [2.75, 3.05) is 0 Å². The first kappa shape index (κ1) is 18.8. The lowest BCUT2D eigenvalue weighted by atomic mass is 10.1. The molecule has 1 amide bonds. The number of hydrogen-bond acceptors (Lipinski definition) is 3. The molecule has 0 saturated carbocycles. The fourth-order valence-corrected chi connectivity index (χ4v) is 3.36. The number of carbonyl (C=O) groups excluding carboxylic acids is 1. The van der Waals surface area contributed by atoms with Crippen LogP contribution in [-0.4, -0.2) is 20.8 Å². The minimum absolute atomic E-state index is 0.0841. The van der Waals surface area contributed by atoms with Crippen LogP contribution in [0.5, 0.6) is 0 Å². The Labute approximate surface area is 170 Å². The highest BCUT2D eigenvalue weighted by atomic mass is 16.2. The molecule has 0 bridgehead atoms. The Balaban J connectivity index is 1.64. The number of aromatic nitrogens is 2. The summed E-state index contributed by atoms with van der Waals surface area (Å²) >= 11 is 0. The van der Waals surface area contributed by atoms with Gasteiger partial charge in [-0.05, 0) is 41.3 Å². The number of nitrogens with zero attached hydrogens (tertiary/aromatic N) is 3. The lowest BCUT2D eigenvalue weighted by Gasteiger charge is -2.23. The van der Waals surface area contributed by atoms with Crippen LogP contribution in [0.4, 0.5) is 0 Å². The predicted molar refractivity (Wildman–Crippen MR) is 115 cm³/mol. The van der Waals surface area contributed by atoms with E-state index in [9.17, 15) is 4.79 Å². The van der Waals surface area contributed by atoms with Crippen molar-refractivity contribution in [2.45, 2.75) is 26.4 Å². The average Bonchev–Trinajstić information content (AvgIpc) is 2.79. The molecular formula is C25H23N3O. The summed E-state index contributed by atoms with van der Waals surface area (Å²) in [4.78, 5) is 24.0. The second kappa shape index (κ2) is 8.65. The van der Waals surface area contributed by atoms with Gasteiger partial charge in [0.25, 0.3) is 5.91 Å². The van der Waals surface area contributed by atoms with Gasteiger partial charge in [-0.15, -0.1) is 0 Å². The van der Waals surface area contributed by atoms with E-state index in [4.69, 9.17) is 0 Å². The Hall–Kier alpha value is -3.53. The van der Waals surface area contributed by atoms with Crippen molar-refractivity contribution >= 4 is 16.8 Å². The number of rotatable bonds is 6. The largest absolute Gasteiger partial charge is 0.329 e. The third-order valence-electron chi connectivity index (χ3n) is 5.01. The molecule has 0 radical (unpaired) electrons. The Morgan fingerprint density at radius 1 is 0.828 bits per heavy atom. The van der Waals surface area contributed by atoms with Crippen molar-refractivity contribution in [3.05, 3.63) is 108 Å². The summed E-state index contributed by atoms with van der Waals surface area (Å²) < 4.78 is 0. The van der Waals surface area contributed by atoms with E-state index in [1.807, 2.05) is 47.4 Å². The third-order valence-corrected chi connectivity index (χ3v) is 5.01. The van der Waals surface area contributed by atoms with Crippen molar-refractivity contribution in [2.24, 2.45) is 0 Å². The van der Waals surface area contributed by atoms with E-state index in [2.05, 4.69) is 41.2 Å². The molecule has 0 unspecified atom stereocenters. The van der Waals surface area contributed by atoms with Gasteiger partial charge in [0.05, 0.1) is 5.52 Å². The second-order valence-electron chi connectivity index (χ2n) is 7.08. The fraction of sp³-hybridized carbons (Fsp3) is 0.160. The molecule has 4 aromatic rings. The zero-order valence-electron chi connectivity index (χ0n) is 16.5. The van der Waals surface area contributed by atoms with E-state index >= 15 is 0 Å². The topological polar surface area (TPSA) is 46.1 Å². The molecule has 2 heterocycles. The van der Waals surface area contributed by atoms with Crippen LogP contribution in [0.3, 0.4) is 0 Å². The molecule has 29 heavy (non-hydrogen) atoms. The number of amides is 1. The molecule has 0 aliphatic heterocycles. The van der Waals surface area contributed by atoms with E-state index in [0.717, 1.165) is 28.5 Å². The van der Waals surface area contributed by atoms with Crippen molar-refractivity contribution < 1.29 is 4.79 Å². The molecule has 0 N–H and O–H groups in total. The Bertz CT molecular complexity index is 1110. The summed E-state index contributed by atoms with van der Waals surface area (Å²) in [7, 11) is 0. The second-order valence-corrected chi connectivity index (χ2v) is 7.08. The predicted octanol–water partition coefficient (Wildman–Crippen LogP) is 5.03. The first-order valence-electron chi connectivity index (χ1n) is 9.84. The average molecular weight is 381 g/mol. The molecule has 0 spiro atoms. The Morgan fingerprint density at radius 2 is 1.59 bits per heavy atom. The molecule has 4 rings (SSSR count). The summed E-state index contributed by atoms with van der Waals surface area (Å²) in [6, 6.07) is 23.9. The lowest BCUT2D eigenvalue weighted by Crippen LogP contribution is -2.30. The van der Waals surface area contributed by atoms with E-state index in [1.165, 1.54) is 5.56 Å². The van der Waals surface area contributed by atoms with E-state index < -0.39 is 0 Å². The van der Waals surface area contributed by atoms with E-state index in [0.29, 0.717) is 18.8 Å². The molecule has 4 heteroatoms. The Morgan fingerprint density at radius 3 is 2.34 bits per heavy atom. The number of fused-ring (bicyclic) bond motifs is 1. The monoisotopic (exact) mass is 381 g/mol. The van der Waals surface area contributed by atoms with E-state index in [1.54, 1.807) is 18.5 Å². The molecule has 2 aromatic carbocycles. The molecule has 0 saturated heterocycles. The van der Waals surface area contributed by atoms with Crippen molar-refractivity contribution in [1.82, 2.24) is 14.9 Å². The van der Waals surface area contributed by atoms with Gasteiger partial charge in [-0.3, -0.25) is 9.78 Å². The molecular weight excluding hydrogens is 358 g/mol. The molecule has 4 nitrogen and oxygen atoms in total. The van der Waals surface area contributed by atoms with Gasteiger partial charge in [0.1, 0.15) is 5.69 Å². The number of hydrogen-bond donors (Lipinski definition) is 0. The molecule has 0 fully saturated rings. The SMILES string of the molecule is CCc1ccc(CN(Cc2cccnc2)C(=O)c2ccc3ccccc3n2)cc1. The van der Waals surface area contributed by atoms with Gasteiger partial charge in [0.2, 0.25) is 0 Å². The van der Waals surface area contributed by atoms with Gasteiger partial charge in [-0.2, -0.15) is 0 Å². The third kappa shape index (κ3) is 4.49. The standard InChI is InChI=1S/C25H23N3O/c1-2-19-9-11-20(12-10-19)17-28(18-21-6-5-15-26-16-21)25(29)24-14-13-22-7-3-4-8-23(22)27-24/h3-16H,2,17-18H2,1H3. The van der Waals surface area contributed by atoms with Crippen molar-refractivity contribution in [3.8, 4) is 0 Å². The zero-order chi connectivity index (χ0) is 20.1. The van der Waals surface area contributed by atoms with Gasteiger partial charge in [-0.25, -0.2) is 4.98 Å². The van der Waals surface area contributed by atoms with Crippen LogP contribution in [0.1, 0.15) is 34.1 Å². The molecule has 0 aliphatic rings. The van der Waals surface area contributed by atoms with Crippen LogP contribution in [0, 0.1) is 0 Å². The van der Waals surface area contributed by atoms with Gasteiger partial charge in [0, 0.05) is 30.9 Å². The number of carbonyl (C=O) groups is 1. The highest BCUT2D eigenvalue weighted by Gasteiger charge is 2.18. The molecule has 0 atom stereocenters. The van der Waals surface area contributed by atoms with Gasteiger partial charge in [0.15, 0.2) is 0 Å². The number of pyridine rings is 2. The summed E-state index contributed by atoms with van der Waals surface area (Å²) in [6.45, 7) is 3.14. The quantitative estimate of drug-likeness (QED) is 0.470. The van der Waals surface area contributed by atoms with Crippen LogP contribution in [0.25, 0.3) is 10.9 Å². The van der Waals surface area contributed by atoms with Gasteiger partial charge in [-0.1, -0.05) is 61.5 Å². The molecule has 0 aliphatic carbocycles. The zero-order valence-corrected chi connectivity index (χ0v) is 16.5. The van der Waals surface area contributed by atoms with Crippen LogP contribution < -0.4 is 0 Å². The first-order valence-corrected chi connectivity index (χ1v) is 9.84. The summed E-state index contributed by atoms with van der Waals surface area (Å²) in [5.74, 6) is -0.0841. The van der Waals surface area contributed by atoms with Crippen molar-refractivity contribution in [1.29, 1.82) is 0 Å². The maximum atomic E-state index is 13.4. The van der Waals surface area contributed by atoms with Crippen molar-refractivity contribution in [3.63, 3.8) is 0 Å². The first-order chi connectivity index (χ1) is 14.2. The fourth-order valence-electron chi connectivity index (χ4n) is 3.36. The van der Waals surface area contributed by atoms with Crippen LogP contribution in [-0.2, 0) is 19.5 Å². The minimum atomic E-state index is -0.0841. The smallest absolute Gasteiger partial charge is 0.273 e. The highest BCUT2D eigenvalue weighted by molar-refractivity contribution is 5.94. The summed E-state index contributed by atoms with van der Waals surface area (Å²) in [6.07, 6.45) is 4.54. The molecule has 2 aromatic heterocycles. The highest BCUT2D eigenvalue weighted by Crippen LogP contribution is 2.17. The molecule has 144 valence electrons. The normalized spacial score (nSPS) is 10.8. The Kier molecular flexibility index (Phi) is 5.61. The maximum absolute atomic E-state index is 13.4. The number of benzene rings is 2. The van der Waals surface area contributed by atoms with Crippen LogP contribution in [0.2, 0.25) is 0 Å². The minimum Gasteiger partial charge on any atom is -0.329 e. The lowest BCUT2D eigenvalue weighted by molar-refractivity contribution is 0.0724. The van der Waals surface area contributed by atoms with Crippen LogP contribution in [0.15, 0.2) is 85.2 Å². The van der Waals surface area contributed by atoms with E-state index in [-0.39, 0.29) is 5.91 Å².